The highest BCUT2D eigenvalue weighted by Gasteiger charge is 2.19. The summed E-state index contributed by atoms with van der Waals surface area (Å²) in [5, 5.41) is 2.52. The van der Waals surface area contributed by atoms with Gasteiger partial charge in [0.05, 0.1) is 11.4 Å². The Morgan fingerprint density at radius 2 is 1.22 bits per heavy atom. The lowest BCUT2D eigenvalue weighted by atomic mass is 9.96. The van der Waals surface area contributed by atoms with E-state index in [1.54, 1.807) is 0 Å². The highest BCUT2D eigenvalue weighted by molar-refractivity contribution is 5.97. The third-order valence-corrected chi connectivity index (χ3v) is 5.59. The van der Waals surface area contributed by atoms with Gasteiger partial charge in [-0.1, -0.05) is 36.4 Å². The van der Waals surface area contributed by atoms with Crippen molar-refractivity contribution in [3.8, 4) is 22.5 Å². The largest absolute Gasteiger partial charge is 0.354 e. The number of hydrogen-bond donors (Lipinski definition) is 2. The Labute approximate surface area is 158 Å². The van der Waals surface area contributed by atoms with Crippen LogP contribution in [-0.4, -0.2) is 15.0 Å². The van der Waals surface area contributed by atoms with Crippen LogP contribution in [0.5, 0.6) is 0 Å². The number of nitrogens with zero attached hydrogens (tertiary/aromatic N) is 1. The molecule has 0 atom stereocenters. The van der Waals surface area contributed by atoms with Crippen molar-refractivity contribution in [3.63, 3.8) is 0 Å². The van der Waals surface area contributed by atoms with Crippen molar-refractivity contribution >= 4 is 21.8 Å². The van der Waals surface area contributed by atoms with Crippen molar-refractivity contribution in [1.29, 1.82) is 0 Å². The van der Waals surface area contributed by atoms with Crippen LogP contribution in [0.2, 0.25) is 0 Å². The van der Waals surface area contributed by atoms with Crippen LogP contribution in [0.3, 0.4) is 0 Å². The van der Waals surface area contributed by atoms with E-state index >= 15 is 0 Å². The van der Waals surface area contributed by atoms with Crippen LogP contribution in [0.1, 0.15) is 16.8 Å². The van der Waals surface area contributed by atoms with Gasteiger partial charge in [0, 0.05) is 44.8 Å². The fourth-order valence-electron chi connectivity index (χ4n) is 4.17. The fourth-order valence-corrected chi connectivity index (χ4v) is 4.17. The molecule has 0 aliphatic rings. The molecule has 0 unspecified atom stereocenters. The molecule has 0 aliphatic carbocycles. The summed E-state index contributed by atoms with van der Waals surface area (Å²) in [4.78, 5) is 11.9. The fraction of sp³-hybridized carbons (Fsp3) is 0.125. The number of aromatic amines is 2. The quantitative estimate of drug-likeness (QED) is 0.385. The molecule has 0 aliphatic heterocycles. The maximum atomic E-state index is 4.60. The molecule has 2 aromatic carbocycles. The number of para-hydroxylation sites is 2. The topological polar surface area (TPSA) is 44.5 Å². The van der Waals surface area contributed by atoms with E-state index in [0.29, 0.717) is 0 Å². The van der Waals surface area contributed by atoms with Crippen LogP contribution in [0.15, 0.2) is 60.8 Å². The van der Waals surface area contributed by atoms with Crippen LogP contribution < -0.4 is 0 Å². The maximum absolute atomic E-state index is 4.60. The van der Waals surface area contributed by atoms with Crippen LogP contribution in [0.4, 0.5) is 0 Å². The van der Waals surface area contributed by atoms with Crippen molar-refractivity contribution in [3.05, 3.63) is 77.6 Å². The number of aromatic nitrogens is 3. The second-order valence-corrected chi connectivity index (χ2v) is 7.16. The van der Waals surface area contributed by atoms with Crippen molar-refractivity contribution in [1.82, 2.24) is 15.0 Å². The Hall–Kier alpha value is -3.33. The Morgan fingerprint density at radius 1 is 0.667 bits per heavy atom. The Bertz CT molecular complexity index is 1300. The van der Waals surface area contributed by atoms with Gasteiger partial charge in [-0.05, 0) is 50.1 Å². The maximum Gasteiger partial charge on any atom is 0.0519 e. The van der Waals surface area contributed by atoms with Gasteiger partial charge in [0.2, 0.25) is 0 Å². The van der Waals surface area contributed by atoms with Gasteiger partial charge in [-0.15, -0.1) is 0 Å². The number of hydrogen-bond acceptors (Lipinski definition) is 1. The molecular weight excluding hydrogens is 330 g/mol. The van der Waals surface area contributed by atoms with E-state index in [1.165, 1.54) is 38.5 Å². The summed E-state index contributed by atoms with van der Waals surface area (Å²) in [6, 6.07) is 19.0. The molecule has 5 aromatic rings. The number of nitrogens with one attached hydrogen (secondary N) is 2. The first-order valence-electron chi connectivity index (χ1n) is 9.26. The number of H-pyrrole nitrogens is 2. The summed E-state index contributed by atoms with van der Waals surface area (Å²) in [5.41, 5.74) is 10.5. The molecule has 0 fully saturated rings. The lowest BCUT2D eigenvalue weighted by Crippen LogP contribution is -1.95. The molecule has 0 amide bonds. The van der Waals surface area contributed by atoms with E-state index in [4.69, 9.17) is 0 Å². The summed E-state index contributed by atoms with van der Waals surface area (Å²) in [7, 11) is 0. The average Bonchev–Trinajstić information content (AvgIpc) is 3.20. The molecule has 3 nitrogen and oxygen atoms in total. The van der Waals surface area contributed by atoms with E-state index in [2.05, 4.69) is 90.3 Å². The second-order valence-electron chi connectivity index (χ2n) is 7.16. The highest BCUT2D eigenvalue weighted by Crippen LogP contribution is 2.39. The molecule has 2 N–H and O–H groups in total. The van der Waals surface area contributed by atoms with Gasteiger partial charge in [0.1, 0.15) is 0 Å². The average molecular weight is 351 g/mol. The molecule has 3 aromatic heterocycles. The molecular formula is C24H21N3. The Kier molecular flexibility index (Phi) is 3.44. The predicted molar refractivity (Wildman–Crippen MR) is 113 cm³/mol. The first kappa shape index (κ1) is 15.9. The molecule has 0 bridgehead atoms. The lowest BCUT2D eigenvalue weighted by molar-refractivity contribution is 1.19. The second kappa shape index (κ2) is 5.85. The smallest absolute Gasteiger partial charge is 0.0519 e. The summed E-state index contributed by atoms with van der Waals surface area (Å²) in [6.45, 7) is 6.45. The van der Waals surface area contributed by atoms with Crippen LogP contribution >= 0.6 is 0 Å². The standard InChI is InChI=1S/C24H21N3/c1-14-17-8-4-6-10-20(17)26-23(14)19-12-13-25-16(3)22(19)24-15(2)18-9-5-7-11-21(18)27-24/h4-13,26-27H,1-3H3. The third-order valence-electron chi connectivity index (χ3n) is 5.59. The molecule has 3 heterocycles. The minimum absolute atomic E-state index is 1.03. The molecule has 0 saturated carbocycles. The van der Waals surface area contributed by atoms with E-state index in [-0.39, 0.29) is 0 Å². The number of aryl methyl sites for hydroxylation is 3. The zero-order valence-corrected chi connectivity index (χ0v) is 15.7. The van der Waals surface area contributed by atoms with Gasteiger partial charge in [-0.2, -0.15) is 0 Å². The van der Waals surface area contributed by atoms with Gasteiger partial charge in [0.15, 0.2) is 0 Å². The van der Waals surface area contributed by atoms with E-state index in [1.807, 2.05) is 6.20 Å². The third kappa shape index (κ3) is 2.32. The molecule has 27 heavy (non-hydrogen) atoms. The Morgan fingerprint density at radius 3 is 1.85 bits per heavy atom. The van der Waals surface area contributed by atoms with Crippen molar-refractivity contribution in [2.75, 3.05) is 0 Å². The SMILES string of the molecule is Cc1nccc(-c2[nH]c3ccccc3c2C)c1-c1[nH]c2ccccc2c1C. The van der Waals surface area contributed by atoms with Crippen LogP contribution in [-0.2, 0) is 0 Å². The summed E-state index contributed by atoms with van der Waals surface area (Å²) >= 11 is 0. The van der Waals surface area contributed by atoms with Gasteiger partial charge in [0.25, 0.3) is 0 Å². The molecule has 3 heteroatoms. The van der Waals surface area contributed by atoms with Crippen molar-refractivity contribution in [2.45, 2.75) is 20.8 Å². The number of pyridine rings is 1. The first-order valence-corrected chi connectivity index (χ1v) is 9.26. The van der Waals surface area contributed by atoms with Crippen LogP contribution in [0.25, 0.3) is 44.3 Å². The van der Waals surface area contributed by atoms with E-state index in [0.717, 1.165) is 22.6 Å². The van der Waals surface area contributed by atoms with Crippen LogP contribution in [0, 0.1) is 20.8 Å². The number of benzene rings is 2. The van der Waals surface area contributed by atoms with Crippen molar-refractivity contribution < 1.29 is 0 Å². The molecule has 0 radical (unpaired) electrons. The summed E-state index contributed by atoms with van der Waals surface area (Å²) < 4.78 is 0. The zero-order chi connectivity index (χ0) is 18.5. The zero-order valence-electron chi connectivity index (χ0n) is 15.7. The normalized spacial score (nSPS) is 11.5. The van der Waals surface area contributed by atoms with Gasteiger partial charge >= 0.3 is 0 Å². The predicted octanol–water partition coefficient (Wildman–Crippen LogP) is 6.30. The van der Waals surface area contributed by atoms with Gasteiger partial charge < -0.3 is 9.97 Å². The highest BCUT2D eigenvalue weighted by atomic mass is 14.8. The van der Waals surface area contributed by atoms with Crippen molar-refractivity contribution in [2.24, 2.45) is 0 Å². The summed E-state index contributed by atoms with van der Waals surface area (Å²) in [6.07, 6.45) is 1.90. The molecule has 0 spiro atoms. The minimum Gasteiger partial charge on any atom is -0.354 e. The molecule has 5 rings (SSSR count). The Balaban J connectivity index is 1.84. The van der Waals surface area contributed by atoms with E-state index < -0.39 is 0 Å². The number of fused-ring (bicyclic) bond motifs is 2. The van der Waals surface area contributed by atoms with Gasteiger partial charge in [-0.3, -0.25) is 4.98 Å². The van der Waals surface area contributed by atoms with E-state index in [9.17, 15) is 0 Å². The number of rotatable bonds is 2. The molecule has 132 valence electrons. The first-order chi connectivity index (χ1) is 13.1. The minimum atomic E-state index is 1.03. The molecule has 0 saturated heterocycles. The monoisotopic (exact) mass is 351 g/mol. The lowest BCUT2D eigenvalue weighted by Gasteiger charge is -2.12. The van der Waals surface area contributed by atoms with Gasteiger partial charge in [-0.25, -0.2) is 0 Å². The summed E-state index contributed by atoms with van der Waals surface area (Å²) in [5.74, 6) is 0.